The maximum atomic E-state index is 12.9. The summed E-state index contributed by atoms with van der Waals surface area (Å²) in [6.45, 7) is 7.29. The van der Waals surface area contributed by atoms with Crippen molar-refractivity contribution in [3.05, 3.63) is 58.9 Å². The quantitative estimate of drug-likeness (QED) is 0.768. The van der Waals surface area contributed by atoms with Crippen LogP contribution in [0.25, 0.3) is 11.5 Å². The summed E-state index contributed by atoms with van der Waals surface area (Å²) >= 11 is 0. The topological polar surface area (TPSA) is 85.1 Å². The Hall–Kier alpha value is -2.67. The van der Waals surface area contributed by atoms with Gasteiger partial charge in [-0.05, 0) is 57.0 Å². The molecule has 7 heteroatoms. The summed E-state index contributed by atoms with van der Waals surface area (Å²) in [6, 6.07) is 10.6. The van der Waals surface area contributed by atoms with E-state index in [2.05, 4.69) is 14.9 Å². The van der Waals surface area contributed by atoms with E-state index in [1.54, 1.807) is 38.1 Å². The first-order valence-electron chi connectivity index (χ1n) is 7.78. The van der Waals surface area contributed by atoms with Gasteiger partial charge in [0.1, 0.15) is 0 Å². The molecular weight excluding hydrogens is 338 g/mol. The van der Waals surface area contributed by atoms with Gasteiger partial charge in [0.25, 0.3) is 15.9 Å². The first-order valence-corrected chi connectivity index (χ1v) is 9.26. The van der Waals surface area contributed by atoms with Crippen molar-refractivity contribution in [3.63, 3.8) is 0 Å². The molecule has 1 aromatic heterocycles. The van der Waals surface area contributed by atoms with E-state index in [9.17, 15) is 8.42 Å². The Labute approximate surface area is 147 Å². The fourth-order valence-electron chi connectivity index (χ4n) is 2.56. The van der Waals surface area contributed by atoms with E-state index in [0.717, 1.165) is 11.1 Å². The van der Waals surface area contributed by atoms with Gasteiger partial charge in [-0.15, -0.1) is 0 Å². The first-order chi connectivity index (χ1) is 11.8. The summed E-state index contributed by atoms with van der Waals surface area (Å²) in [5.74, 6) is 0.786. The molecule has 0 amide bonds. The molecular formula is C18H19N3O3S. The lowest BCUT2D eigenvalue weighted by Gasteiger charge is -2.13. The third-order valence-corrected chi connectivity index (χ3v) is 5.39. The molecule has 0 aliphatic carbocycles. The number of anilines is 1. The van der Waals surface area contributed by atoms with Gasteiger partial charge in [-0.25, -0.2) is 8.42 Å². The van der Waals surface area contributed by atoms with Crippen LogP contribution in [-0.2, 0) is 10.0 Å². The second-order valence-electron chi connectivity index (χ2n) is 6.05. The summed E-state index contributed by atoms with van der Waals surface area (Å²) in [6.07, 6.45) is 0. The lowest BCUT2D eigenvalue weighted by molar-refractivity contribution is 0.425. The number of rotatable bonds is 4. The number of sulfonamides is 1. The van der Waals surface area contributed by atoms with Crippen LogP contribution in [-0.4, -0.2) is 18.6 Å². The molecule has 2 aromatic carbocycles. The maximum Gasteiger partial charge on any atom is 0.262 e. The largest absolute Gasteiger partial charge is 0.334 e. The number of hydrogen-bond donors (Lipinski definition) is 1. The number of benzene rings is 2. The van der Waals surface area contributed by atoms with Crippen molar-refractivity contribution in [1.82, 2.24) is 10.1 Å². The summed E-state index contributed by atoms with van der Waals surface area (Å²) in [5, 5.41) is 3.74. The van der Waals surface area contributed by atoms with Gasteiger partial charge in [0.15, 0.2) is 5.82 Å². The second kappa shape index (κ2) is 6.33. The number of nitrogens with one attached hydrogen (secondary N) is 1. The van der Waals surface area contributed by atoms with E-state index in [1.807, 2.05) is 26.0 Å². The van der Waals surface area contributed by atoms with Crippen LogP contribution in [0.3, 0.4) is 0 Å². The minimum atomic E-state index is -3.74. The van der Waals surface area contributed by atoms with E-state index >= 15 is 0 Å². The molecule has 0 bridgehead atoms. The normalized spacial score (nSPS) is 11.5. The molecule has 0 spiro atoms. The van der Waals surface area contributed by atoms with E-state index in [1.165, 1.54) is 0 Å². The fraction of sp³-hybridized carbons (Fsp3) is 0.222. The summed E-state index contributed by atoms with van der Waals surface area (Å²) in [7, 11) is -3.74. The maximum absolute atomic E-state index is 12.9. The highest BCUT2D eigenvalue weighted by Gasteiger charge is 2.20. The lowest BCUT2D eigenvalue weighted by Crippen LogP contribution is -2.15. The molecule has 0 aliphatic rings. The van der Waals surface area contributed by atoms with Crippen LogP contribution >= 0.6 is 0 Å². The Balaban J connectivity index is 2.01. The molecule has 0 saturated heterocycles. The highest BCUT2D eigenvalue weighted by atomic mass is 32.2. The minimum Gasteiger partial charge on any atom is -0.334 e. The molecule has 0 unspecified atom stereocenters. The molecule has 6 nitrogen and oxygen atoms in total. The molecule has 130 valence electrons. The molecule has 0 atom stereocenters. The highest BCUT2D eigenvalue weighted by molar-refractivity contribution is 7.92. The average Bonchev–Trinajstić information content (AvgIpc) is 2.97. The molecule has 0 fully saturated rings. The van der Waals surface area contributed by atoms with Gasteiger partial charge in [0.05, 0.1) is 10.6 Å². The Bertz CT molecular complexity index is 1040. The standard InChI is InChI=1S/C18H19N3O3S/c1-11-5-8-16(13(3)9-11)21-25(22,23)17-10-15(7-6-12(17)2)18-19-14(4)20-24-18/h5-10,21H,1-4H3. The van der Waals surface area contributed by atoms with Gasteiger partial charge in [0.2, 0.25) is 0 Å². The van der Waals surface area contributed by atoms with E-state index in [-0.39, 0.29) is 4.90 Å². The van der Waals surface area contributed by atoms with Crippen molar-refractivity contribution < 1.29 is 12.9 Å². The number of aryl methyl sites for hydroxylation is 4. The summed E-state index contributed by atoms with van der Waals surface area (Å²) in [5.41, 5.74) is 3.70. The molecule has 25 heavy (non-hydrogen) atoms. The zero-order valence-corrected chi connectivity index (χ0v) is 15.3. The number of nitrogens with zero attached hydrogens (tertiary/aromatic N) is 2. The summed E-state index contributed by atoms with van der Waals surface area (Å²) < 4.78 is 33.5. The van der Waals surface area contributed by atoms with Crippen LogP contribution < -0.4 is 4.72 Å². The average molecular weight is 357 g/mol. The first kappa shape index (κ1) is 17.2. The van der Waals surface area contributed by atoms with Gasteiger partial charge < -0.3 is 4.52 Å². The van der Waals surface area contributed by atoms with Crippen LogP contribution in [0.4, 0.5) is 5.69 Å². The third-order valence-electron chi connectivity index (χ3n) is 3.88. The smallest absolute Gasteiger partial charge is 0.262 e. The van der Waals surface area contributed by atoms with Crippen LogP contribution in [0.15, 0.2) is 45.8 Å². The van der Waals surface area contributed by atoms with Crippen molar-refractivity contribution in [2.24, 2.45) is 0 Å². The van der Waals surface area contributed by atoms with Crippen LogP contribution in [0, 0.1) is 27.7 Å². The Morgan fingerprint density at radius 2 is 1.72 bits per heavy atom. The monoisotopic (exact) mass is 357 g/mol. The fourth-order valence-corrected chi connectivity index (χ4v) is 3.97. The zero-order valence-electron chi connectivity index (χ0n) is 14.5. The SMILES string of the molecule is Cc1ccc(NS(=O)(=O)c2cc(-c3nc(C)no3)ccc2C)c(C)c1. The third kappa shape index (κ3) is 3.56. The van der Waals surface area contributed by atoms with Crippen molar-refractivity contribution >= 4 is 15.7 Å². The van der Waals surface area contributed by atoms with Crippen molar-refractivity contribution in [1.29, 1.82) is 0 Å². The van der Waals surface area contributed by atoms with Crippen molar-refractivity contribution in [2.45, 2.75) is 32.6 Å². The van der Waals surface area contributed by atoms with Crippen LogP contribution in [0.2, 0.25) is 0 Å². The predicted octanol–water partition coefficient (Wildman–Crippen LogP) is 3.77. The van der Waals surface area contributed by atoms with Gasteiger partial charge in [0, 0.05) is 5.56 Å². The van der Waals surface area contributed by atoms with Crippen LogP contribution in [0.1, 0.15) is 22.5 Å². The van der Waals surface area contributed by atoms with Crippen LogP contribution in [0.5, 0.6) is 0 Å². The van der Waals surface area contributed by atoms with E-state index in [4.69, 9.17) is 4.52 Å². The van der Waals surface area contributed by atoms with E-state index < -0.39 is 10.0 Å². The molecule has 1 N–H and O–H groups in total. The molecule has 0 aliphatic heterocycles. The molecule has 0 radical (unpaired) electrons. The highest BCUT2D eigenvalue weighted by Crippen LogP contribution is 2.27. The second-order valence-corrected chi connectivity index (χ2v) is 7.70. The number of hydrogen-bond acceptors (Lipinski definition) is 5. The van der Waals surface area contributed by atoms with Gasteiger partial charge in [-0.3, -0.25) is 4.72 Å². The Morgan fingerprint density at radius 1 is 0.960 bits per heavy atom. The molecule has 0 saturated carbocycles. The van der Waals surface area contributed by atoms with Crippen molar-refractivity contribution in [2.75, 3.05) is 4.72 Å². The molecule has 1 heterocycles. The Kier molecular flexibility index (Phi) is 4.34. The lowest BCUT2D eigenvalue weighted by atomic mass is 10.1. The van der Waals surface area contributed by atoms with E-state index in [0.29, 0.717) is 28.5 Å². The molecule has 3 aromatic rings. The molecule has 3 rings (SSSR count). The Morgan fingerprint density at radius 3 is 2.36 bits per heavy atom. The minimum absolute atomic E-state index is 0.181. The number of aromatic nitrogens is 2. The zero-order chi connectivity index (χ0) is 18.2. The van der Waals surface area contributed by atoms with Crippen molar-refractivity contribution in [3.8, 4) is 11.5 Å². The summed E-state index contributed by atoms with van der Waals surface area (Å²) in [4.78, 5) is 4.33. The van der Waals surface area contributed by atoms with Gasteiger partial charge in [-0.2, -0.15) is 4.98 Å². The van der Waals surface area contributed by atoms with Gasteiger partial charge >= 0.3 is 0 Å². The van der Waals surface area contributed by atoms with Gasteiger partial charge in [-0.1, -0.05) is 28.9 Å². The predicted molar refractivity (Wildman–Crippen MR) is 95.9 cm³/mol.